The molecule has 15 heavy (non-hydrogen) atoms. The summed E-state index contributed by atoms with van der Waals surface area (Å²) in [4.78, 5) is 8.22. The molecule has 0 saturated carbocycles. The van der Waals surface area contributed by atoms with Gasteiger partial charge in [-0.15, -0.1) is 0 Å². The molecule has 0 aromatic carbocycles. The van der Waals surface area contributed by atoms with Crippen LogP contribution in [0.25, 0.3) is 11.3 Å². The predicted molar refractivity (Wildman–Crippen MR) is 60.2 cm³/mol. The third kappa shape index (κ3) is 1.98. The van der Waals surface area contributed by atoms with Gasteiger partial charge in [-0.3, -0.25) is 0 Å². The summed E-state index contributed by atoms with van der Waals surface area (Å²) in [5.41, 5.74) is 7.68. The normalized spacial score (nSPS) is 10.5. The predicted octanol–water partition coefficient (Wildman–Crippen LogP) is 1.94. The van der Waals surface area contributed by atoms with Gasteiger partial charge >= 0.3 is 0 Å². The number of imidazole rings is 1. The molecule has 2 heterocycles. The maximum absolute atomic E-state index is 5.54. The van der Waals surface area contributed by atoms with Gasteiger partial charge in [0.2, 0.25) is 0 Å². The van der Waals surface area contributed by atoms with Crippen molar-refractivity contribution in [2.45, 2.75) is 19.9 Å². The molecule has 0 unspecified atom stereocenters. The average Bonchev–Trinajstić information content (AvgIpc) is 2.68. The van der Waals surface area contributed by atoms with E-state index in [2.05, 4.69) is 21.5 Å². The zero-order chi connectivity index (χ0) is 10.7. The van der Waals surface area contributed by atoms with Gasteiger partial charge in [0.25, 0.3) is 0 Å². The van der Waals surface area contributed by atoms with Crippen molar-refractivity contribution in [2.24, 2.45) is 0 Å². The van der Waals surface area contributed by atoms with Crippen LogP contribution in [0.5, 0.6) is 0 Å². The average molecular weight is 202 g/mol. The van der Waals surface area contributed by atoms with E-state index in [1.165, 1.54) is 0 Å². The van der Waals surface area contributed by atoms with E-state index in [1.54, 1.807) is 12.3 Å². The molecule has 0 saturated heterocycles. The van der Waals surface area contributed by atoms with Crippen LogP contribution in [0.4, 0.5) is 5.82 Å². The van der Waals surface area contributed by atoms with E-state index in [-0.39, 0.29) is 0 Å². The quantitative estimate of drug-likeness (QED) is 0.827. The molecule has 4 heteroatoms. The number of pyridine rings is 1. The van der Waals surface area contributed by atoms with Crippen molar-refractivity contribution in [2.75, 3.05) is 5.73 Å². The molecule has 0 spiro atoms. The number of rotatable bonds is 3. The smallest absolute Gasteiger partial charge is 0.123 e. The first-order chi connectivity index (χ1) is 7.31. The van der Waals surface area contributed by atoms with Gasteiger partial charge in [0, 0.05) is 18.3 Å². The number of nitrogens with two attached hydrogens (primary N) is 1. The lowest BCUT2D eigenvalue weighted by Crippen LogP contribution is -1.98. The topological polar surface area (TPSA) is 56.7 Å². The lowest BCUT2D eigenvalue weighted by molar-refractivity contribution is 0.684. The lowest BCUT2D eigenvalue weighted by atomic mass is 10.2. The first kappa shape index (κ1) is 9.71. The minimum atomic E-state index is 0.542. The molecule has 0 aliphatic carbocycles. The molecule has 2 aromatic rings. The van der Waals surface area contributed by atoms with Crippen LogP contribution in [0.1, 0.15) is 13.3 Å². The fourth-order valence-electron chi connectivity index (χ4n) is 1.54. The van der Waals surface area contributed by atoms with E-state index < -0.39 is 0 Å². The zero-order valence-electron chi connectivity index (χ0n) is 8.72. The van der Waals surface area contributed by atoms with E-state index in [1.807, 2.05) is 18.6 Å². The van der Waals surface area contributed by atoms with Crippen LogP contribution >= 0.6 is 0 Å². The molecule has 0 fully saturated rings. The molecule has 0 atom stereocenters. The van der Waals surface area contributed by atoms with Crippen LogP contribution in [0, 0.1) is 0 Å². The van der Waals surface area contributed by atoms with Gasteiger partial charge in [-0.05, 0) is 18.6 Å². The highest BCUT2D eigenvalue weighted by molar-refractivity contribution is 5.58. The second kappa shape index (κ2) is 4.13. The highest BCUT2D eigenvalue weighted by Crippen LogP contribution is 2.18. The Kier molecular flexibility index (Phi) is 2.67. The van der Waals surface area contributed by atoms with E-state index >= 15 is 0 Å². The summed E-state index contributed by atoms with van der Waals surface area (Å²) < 4.78 is 2.12. The van der Waals surface area contributed by atoms with E-state index in [4.69, 9.17) is 5.73 Å². The molecule has 2 aromatic heterocycles. The Bertz CT molecular complexity index is 430. The van der Waals surface area contributed by atoms with Crippen LogP contribution in [0.15, 0.2) is 30.9 Å². The molecule has 2 rings (SSSR count). The number of aromatic nitrogens is 3. The van der Waals surface area contributed by atoms with E-state index in [0.717, 1.165) is 24.2 Å². The fraction of sp³-hybridized carbons (Fsp3) is 0.273. The Morgan fingerprint density at radius 2 is 2.20 bits per heavy atom. The third-order valence-electron chi connectivity index (χ3n) is 2.26. The van der Waals surface area contributed by atoms with Crippen molar-refractivity contribution in [1.82, 2.24) is 14.5 Å². The SMILES string of the molecule is CCCn1cncc1-c1ccc(N)nc1. The van der Waals surface area contributed by atoms with Crippen LogP contribution in [0.2, 0.25) is 0 Å². The summed E-state index contributed by atoms with van der Waals surface area (Å²) in [5, 5.41) is 0. The van der Waals surface area contributed by atoms with Crippen LogP contribution in [0.3, 0.4) is 0 Å². The molecule has 4 nitrogen and oxygen atoms in total. The number of nitrogens with zero attached hydrogens (tertiary/aromatic N) is 3. The Morgan fingerprint density at radius 3 is 2.87 bits per heavy atom. The summed E-state index contributed by atoms with van der Waals surface area (Å²) in [5.74, 6) is 0.542. The first-order valence-corrected chi connectivity index (χ1v) is 5.03. The highest BCUT2D eigenvalue weighted by Gasteiger charge is 2.04. The van der Waals surface area contributed by atoms with Gasteiger partial charge in [0.15, 0.2) is 0 Å². The summed E-state index contributed by atoms with van der Waals surface area (Å²) in [6.07, 6.45) is 6.56. The summed E-state index contributed by atoms with van der Waals surface area (Å²) in [7, 11) is 0. The molecule has 0 amide bonds. The number of anilines is 1. The molecule has 0 aliphatic rings. The van der Waals surface area contributed by atoms with Gasteiger partial charge in [0.1, 0.15) is 5.82 Å². The Balaban J connectivity index is 2.36. The van der Waals surface area contributed by atoms with Crippen molar-refractivity contribution in [3.05, 3.63) is 30.9 Å². The van der Waals surface area contributed by atoms with Gasteiger partial charge in [-0.1, -0.05) is 6.92 Å². The molecule has 0 bridgehead atoms. The molecule has 0 aliphatic heterocycles. The Morgan fingerprint density at radius 1 is 1.33 bits per heavy atom. The fourth-order valence-corrected chi connectivity index (χ4v) is 1.54. The zero-order valence-corrected chi connectivity index (χ0v) is 8.72. The third-order valence-corrected chi connectivity index (χ3v) is 2.26. The Labute approximate surface area is 88.8 Å². The molecule has 78 valence electrons. The van der Waals surface area contributed by atoms with Crippen LogP contribution < -0.4 is 5.73 Å². The Hall–Kier alpha value is -1.84. The highest BCUT2D eigenvalue weighted by atomic mass is 15.0. The molecular formula is C11H14N4. The first-order valence-electron chi connectivity index (χ1n) is 5.03. The minimum Gasteiger partial charge on any atom is -0.384 e. The number of aryl methyl sites for hydroxylation is 1. The van der Waals surface area contributed by atoms with Crippen molar-refractivity contribution < 1.29 is 0 Å². The van der Waals surface area contributed by atoms with Crippen molar-refractivity contribution in [3.8, 4) is 11.3 Å². The minimum absolute atomic E-state index is 0.542. The number of hydrogen-bond acceptors (Lipinski definition) is 3. The molecule has 2 N–H and O–H groups in total. The van der Waals surface area contributed by atoms with Crippen molar-refractivity contribution in [1.29, 1.82) is 0 Å². The van der Waals surface area contributed by atoms with Gasteiger partial charge < -0.3 is 10.3 Å². The number of hydrogen-bond donors (Lipinski definition) is 1. The molecule has 0 radical (unpaired) electrons. The van der Waals surface area contributed by atoms with E-state index in [9.17, 15) is 0 Å². The van der Waals surface area contributed by atoms with Gasteiger partial charge in [-0.25, -0.2) is 9.97 Å². The monoisotopic (exact) mass is 202 g/mol. The van der Waals surface area contributed by atoms with Crippen LogP contribution in [-0.4, -0.2) is 14.5 Å². The van der Waals surface area contributed by atoms with E-state index in [0.29, 0.717) is 5.82 Å². The summed E-state index contributed by atoms with van der Waals surface area (Å²) in [6.45, 7) is 3.12. The van der Waals surface area contributed by atoms with Crippen LogP contribution in [-0.2, 0) is 6.54 Å². The van der Waals surface area contributed by atoms with Crippen molar-refractivity contribution in [3.63, 3.8) is 0 Å². The largest absolute Gasteiger partial charge is 0.384 e. The number of nitrogen functional groups attached to an aromatic ring is 1. The van der Waals surface area contributed by atoms with Gasteiger partial charge in [0.05, 0.1) is 18.2 Å². The summed E-state index contributed by atoms with van der Waals surface area (Å²) >= 11 is 0. The lowest BCUT2D eigenvalue weighted by Gasteiger charge is -2.06. The molecular weight excluding hydrogens is 188 g/mol. The maximum Gasteiger partial charge on any atom is 0.123 e. The van der Waals surface area contributed by atoms with Gasteiger partial charge in [-0.2, -0.15) is 0 Å². The van der Waals surface area contributed by atoms with Crippen molar-refractivity contribution >= 4 is 5.82 Å². The maximum atomic E-state index is 5.54. The standard InChI is InChI=1S/C11H14N4/c1-2-5-15-8-13-7-10(15)9-3-4-11(12)14-6-9/h3-4,6-8H,2,5H2,1H3,(H2,12,14). The second-order valence-corrected chi connectivity index (χ2v) is 3.44. The second-order valence-electron chi connectivity index (χ2n) is 3.44. The summed E-state index contributed by atoms with van der Waals surface area (Å²) in [6, 6.07) is 3.77.